The minimum atomic E-state index is -0.462. The highest BCUT2D eigenvalue weighted by molar-refractivity contribution is 7.99. The van der Waals surface area contributed by atoms with Crippen molar-refractivity contribution in [2.24, 2.45) is 5.73 Å². The molecule has 0 aliphatic heterocycles. The van der Waals surface area contributed by atoms with Gasteiger partial charge >= 0.3 is 5.97 Å². The van der Waals surface area contributed by atoms with Crippen LogP contribution in [0.25, 0.3) is 0 Å². The maximum atomic E-state index is 11.2. The molecule has 0 heterocycles. The molecule has 0 aromatic heterocycles. The number of rotatable bonds is 10. The van der Waals surface area contributed by atoms with E-state index in [1.165, 1.54) is 0 Å². The van der Waals surface area contributed by atoms with Crippen molar-refractivity contribution in [3.63, 3.8) is 0 Å². The van der Waals surface area contributed by atoms with Crippen LogP contribution in [0, 0.1) is 0 Å². The van der Waals surface area contributed by atoms with Gasteiger partial charge < -0.3 is 15.4 Å². The van der Waals surface area contributed by atoms with Crippen LogP contribution in [0.1, 0.15) is 27.2 Å². The van der Waals surface area contributed by atoms with Gasteiger partial charge in [-0.15, -0.1) is 0 Å². The Morgan fingerprint density at radius 3 is 2.47 bits per heavy atom. The van der Waals surface area contributed by atoms with E-state index < -0.39 is 6.04 Å². The number of carbonyl (C=O) groups is 1. The number of esters is 1. The summed E-state index contributed by atoms with van der Waals surface area (Å²) in [5, 5.41) is 0. The van der Waals surface area contributed by atoms with Crippen molar-refractivity contribution in [2.75, 3.05) is 37.7 Å². The van der Waals surface area contributed by atoms with Crippen molar-refractivity contribution in [3.8, 4) is 0 Å². The average Bonchev–Trinajstić information content (AvgIpc) is 2.33. The number of ether oxygens (including phenoxy) is 1. The van der Waals surface area contributed by atoms with Crippen LogP contribution in [0.15, 0.2) is 0 Å². The van der Waals surface area contributed by atoms with E-state index in [9.17, 15) is 4.79 Å². The van der Waals surface area contributed by atoms with E-state index in [2.05, 4.69) is 18.7 Å². The molecule has 1 atom stereocenters. The maximum Gasteiger partial charge on any atom is 0.322 e. The fraction of sp³-hybridized carbons (Fsp3) is 0.917. The molecule has 0 aromatic carbocycles. The molecule has 0 saturated carbocycles. The monoisotopic (exact) mass is 262 g/mol. The van der Waals surface area contributed by atoms with Gasteiger partial charge in [0.1, 0.15) is 6.04 Å². The third-order valence-corrected chi connectivity index (χ3v) is 3.60. The van der Waals surface area contributed by atoms with Crippen molar-refractivity contribution >= 4 is 17.7 Å². The largest absolute Gasteiger partial charge is 0.465 e. The van der Waals surface area contributed by atoms with E-state index in [1.807, 2.05) is 11.8 Å². The second kappa shape index (κ2) is 10.9. The van der Waals surface area contributed by atoms with Gasteiger partial charge in [-0.25, -0.2) is 0 Å². The average molecular weight is 262 g/mol. The lowest BCUT2D eigenvalue weighted by Gasteiger charge is -2.17. The maximum absolute atomic E-state index is 11.2. The van der Waals surface area contributed by atoms with Crippen molar-refractivity contribution in [2.45, 2.75) is 33.2 Å². The highest BCUT2D eigenvalue weighted by Gasteiger charge is 2.13. The van der Waals surface area contributed by atoms with Gasteiger partial charge in [0, 0.05) is 12.3 Å². The minimum Gasteiger partial charge on any atom is -0.465 e. The number of nitrogens with zero attached hydrogens (tertiary/aromatic N) is 1. The van der Waals surface area contributed by atoms with Crippen LogP contribution in [-0.2, 0) is 9.53 Å². The van der Waals surface area contributed by atoms with Gasteiger partial charge in [-0.1, -0.05) is 13.8 Å². The Morgan fingerprint density at radius 2 is 1.94 bits per heavy atom. The van der Waals surface area contributed by atoms with Gasteiger partial charge in [0.2, 0.25) is 0 Å². The summed E-state index contributed by atoms with van der Waals surface area (Å²) in [4.78, 5) is 13.6. The Hall–Kier alpha value is -0.260. The van der Waals surface area contributed by atoms with Gasteiger partial charge in [-0.05, 0) is 32.2 Å². The predicted octanol–water partition coefficient (Wildman–Crippen LogP) is 1.34. The Labute approximate surface area is 109 Å². The normalized spacial score (nSPS) is 12.8. The SMILES string of the molecule is CCOC(=O)C(N)CCSCCN(CC)CC. The summed E-state index contributed by atoms with van der Waals surface area (Å²) in [6, 6.07) is -0.462. The van der Waals surface area contributed by atoms with E-state index in [1.54, 1.807) is 6.92 Å². The third-order valence-electron chi connectivity index (χ3n) is 2.61. The van der Waals surface area contributed by atoms with Gasteiger partial charge in [-0.2, -0.15) is 11.8 Å². The molecule has 0 aliphatic carbocycles. The summed E-state index contributed by atoms with van der Waals surface area (Å²) in [6.45, 7) is 9.84. The summed E-state index contributed by atoms with van der Waals surface area (Å²) < 4.78 is 4.85. The highest BCUT2D eigenvalue weighted by atomic mass is 32.2. The highest BCUT2D eigenvalue weighted by Crippen LogP contribution is 2.05. The first-order valence-corrected chi connectivity index (χ1v) is 7.53. The zero-order valence-electron chi connectivity index (χ0n) is 11.3. The summed E-state index contributed by atoms with van der Waals surface area (Å²) in [5.41, 5.74) is 5.70. The van der Waals surface area contributed by atoms with E-state index in [4.69, 9.17) is 10.5 Å². The summed E-state index contributed by atoms with van der Waals surface area (Å²) in [6.07, 6.45) is 0.696. The predicted molar refractivity (Wildman–Crippen MR) is 74.3 cm³/mol. The van der Waals surface area contributed by atoms with E-state index in [0.717, 1.165) is 31.1 Å². The van der Waals surface area contributed by atoms with Crippen LogP contribution in [0.4, 0.5) is 0 Å². The lowest BCUT2D eigenvalue weighted by molar-refractivity contribution is -0.144. The van der Waals surface area contributed by atoms with Gasteiger partial charge in [-0.3, -0.25) is 4.79 Å². The molecule has 0 spiro atoms. The summed E-state index contributed by atoms with van der Waals surface area (Å²) in [7, 11) is 0. The Bertz CT molecular complexity index is 199. The first kappa shape index (κ1) is 16.7. The number of hydrogen-bond acceptors (Lipinski definition) is 5. The quantitative estimate of drug-likeness (QED) is 0.476. The molecule has 1 unspecified atom stereocenters. The molecule has 2 N–H and O–H groups in total. The topological polar surface area (TPSA) is 55.6 Å². The zero-order chi connectivity index (χ0) is 13.1. The lowest BCUT2D eigenvalue weighted by atomic mass is 10.2. The molecule has 0 saturated heterocycles. The van der Waals surface area contributed by atoms with Crippen molar-refractivity contribution in [3.05, 3.63) is 0 Å². The Balaban J connectivity index is 3.47. The van der Waals surface area contributed by atoms with Crippen molar-refractivity contribution in [1.82, 2.24) is 4.90 Å². The van der Waals surface area contributed by atoms with E-state index in [-0.39, 0.29) is 5.97 Å². The molecule has 0 bridgehead atoms. The molecule has 5 heteroatoms. The number of hydrogen-bond donors (Lipinski definition) is 1. The molecule has 0 aromatic rings. The van der Waals surface area contributed by atoms with Crippen LogP contribution < -0.4 is 5.73 Å². The third kappa shape index (κ3) is 8.46. The molecule has 0 radical (unpaired) electrons. The summed E-state index contributed by atoms with van der Waals surface area (Å²) in [5.74, 6) is 1.73. The fourth-order valence-electron chi connectivity index (χ4n) is 1.41. The molecule has 102 valence electrons. The fourth-order valence-corrected chi connectivity index (χ4v) is 2.43. The van der Waals surface area contributed by atoms with E-state index in [0.29, 0.717) is 13.0 Å². The van der Waals surface area contributed by atoms with Crippen molar-refractivity contribution in [1.29, 1.82) is 0 Å². The second-order valence-corrected chi connectivity index (χ2v) is 5.01. The molecular weight excluding hydrogens is 236 g/mol. The van der Waals surface area contributed by atoms with Gasteiger partial charge in [0.25, 0.3) is 0 Å². The Kier molecular flexibility index (Phi) is 10.7. The molecular formula is C12H26N2O2S. The van der Waals surface area contributed by atoms with Crippen LogP contribution in [-0.4, -0.2) is 54.7 Å². The standard InChI is InChI=1S/C12H26N2O2S/c1-4-14(5-2)8-10-17-9-7-11(13)12(15)16-6-3/h11H,4-10,13H2,1-3H3. The second-order valence-electron chi connectivity index (χ2n) is 3.79. The molecule has 0 amide bonds. The molecule has 0 fully saturated rings. The molecule has 4 nitrogen and oxygen atoms in total. The van der Waals surface area contributed by atoms with Crippen LogP contribution in [0.3, 0.4) is 0 Å². The van der Waals surface area contributed by atoms with Gasteiger partial charge in [0.15, 0.2) is 0 Å². The zero-order valence-corrected chi connectivity index (χ0v) is 12.1. The molecule has 17 heavy (non-hydrogen) atoms. The number of carbonyl (C=O) groups excluding carboxylic acids is 1. The first-order chi connectivity index (χ1) is 8.15. The van der Waals surface area contributed by atoms with Crippen LogP contribution in [0.5, 0.6) is 0 Å². The van der Waals surface area contributed by atoms with Gasteiger partial charge in [0.05, 0.1) is 6.61 Å². The number of nitrogens with two attached hydrogens (primary N) is 1. The summed E-state index contributed by atoms with van der Waals surface area (Å²) >= 11 is 1.85. The number of thioether (sulfide) groups is 1. The van der Waals surface area contributed by atoms with Crippen molar-refractivity contribution < 1.29 is 9.53 Å². The minimum absolute atomic E-state index is 0.281. The smallest absolute Gasteiger partial charge is 0.322 e. The molecule has 0 aliphatic rings. The Morgan fingerprint density at radius 1 is 1.29 bits per heavy atom. The van der Waals surface area contributed by atoms with Crippen LogP contribution in [0.2, 0.25) is 0 Å². The first-order valence-electron chi connectivity index (χ1n) is 6.37. The molecule has 0 rings (SSSR count). The van der Waals surface area contributed by atoms with Crippen LogP contribution >= 0.6 is 11.8 Å². The lowest BCUT2D eigenvalue weighted by Crippen LogP contribution is -2.33. The van der Waals surface area contributed by atoms with E-state index >= 15 is 0 Å².